The number of carbonyl (C=O) groups excluding carboxylic acids is 1. The largest absolute Gasteiger partial charge is 0.302 e. The van der Waals surface area contributed by atoms with Crippen molar-refractivity contribution in [3.05, 3.63) is 59.7 Å². The molecule has 1 aromatic heterocycles. The highest BCUT2D eigenvalue weighted by molar-refractivity contribution is 7.22. The van der Waals surface area contributed by atoms with Crippen molar-refractivity contribution in [1.82, 2.24) is 4.98 Å². The molecule has 3 rings (SSSR count). The predicted octanol–water partition coefficient (Wildman–Crippen LogP) is 4.15. The number of fused-ring (bicyclic) bond motifs is 1. The lowest BCUT2D eigenvalue weighted by Gasteiger charge is -2.03. The van der Waals surface area contributed by atoms with E-state index in [9.17, 15) is 13.6 Å². The standard InChI is InChI=1S/C16H12F2N2OS/c17-11-6-7-12(18)10(9-11)5-8-15(21)20-16-19-13-3-1-2-4-14(13)22-16/h1-4,6-7,9H,5,8H2,(H,19,20,21). The molecule has 112 valence electrons. The molecule has 0 atom stereocenters. The van der Waals surface area contributed by atoms with Gasteiger partial charge >= 0.3 is 0 Å². The van der Waals surface area contributed by atoms with E-state index >= 15 is 0 Å². The lowest BCUT2D eigenvalue weighted by Crippen LogP contribution is -2.12. The number of nitrogens with zero attached hydrogens (tertiary/aromatic N) is 1. The molecule has 0 bridgehead atoms. The van der Waals surface area contributed by atoms with E-state index in [2.05, 4.69) is 10.3 Å². The van der Waals surface area contributed by atoms with Crippen molar-refractivity contribution in [2.75, 3.05) is 5.32 Å². The van der Waals surface area contributed by atoms with Gasteiger partial charge in [0.15, 0.2) is 5.13 Å². The van der Waals surface area contributed by atoms with Crippen molar-refractivity contribution in [3.8, 4) is 0 Å². The number of amides is 1. The molecule has 6 heteroatoms. The molecule has 0 aliphatic rings. The molecule has 0 unspecified atom stereocenters. The van der Waals surface area contributed by atoms with Crippen molar-refractivity contribution in [2.24, 2.45) is 0 Å². The number of halogens is 2. The van der Waals surface area contributed by atoms with Crippen molar-refractivity contribution in [1.29, 1.82) is 0 Å². The monoisotopic (exact) mass is 318 g/mol. The van der Waals surface area contributed by atoms with E-state index in [1.807, 2.05) is 24.3 Å². The van der Waals surface area contributed by atoms with Crippen molar-refractivity contribution in [2.45, 2.75) is 12.8 Å². The number of aryl methyl sites for hydroxylation is 1. The van der Waals surface area contributed by atoms with Crippen LogP contribution in [-0.4, -0.2) is 10.9 Å². The predicted molar refractivity (Wildman–Crippen MR) is 82.9 cm³/mol. The Morgan fingerprint density at radius 1 is 1.18 bits per heavy atom. The highest BCUT2D eigenvalue weighted by Gasteiger charge is 2.10. The summed E-state index contributed by atoms with van der Waals surface area (Å²) >= 11 is 1.38. The molecule has 0 fully saturated rings. The van der Waals surface area contributed by atoms with Gasteiger partial charge in [0.05, 0.1) is 10.2 Å². The number of anilines is 1. The van der Waals surface area contributed by atoms with Crippen molar-refractivity contribution >= 4 is 32.6 Å². The third kappa shape index (κ3) is 3.28. The smallest absolute Gasteiger partial charge is 0.226 e. The summed E-state index contributed by atoms with van der Waals surface area (Å²) in [6.07, 6.45) is 0.205. The normalized spacial score (nSPS) is 10.8. The second kappa shape index (κ2) is 6.19. The Morgan fingerprint density at radius 3 is 2.82 bits per heavy atom. The first-order chi connectivity index (χ1) is 10.6. The minimum Gasteiger partial charge on any atom is -0.302 e. The van der Waals surface area contributed by atoms with Gasteiger partial charge in [0.25, 0.3) is 0 Å². The summed E-state index contributed by atoms with van der Waals surface area (Å²) in [6, 6.07) is 10.8. The number of para-hydroxylation sites is 1. The maximum absolute atomic E-state index is 13.5. The first kappa shape index (κ1) is 14.6. The number of aromatic nitrogens is 1. The molecule has 3 aromatic rings. The Hall–Kier alpha value is -2.34. The van der Waals surface area contributed by atoms with Gasteiger partial charge in [-0.05, 0) is 42.3 Å². The Balaban J connectivity index is 1.63. The van der Waals surface area contributed by atoms with E-state index in [1.54, 1.807) is 0 Å². The summed E-state index contributed by atoms with van der Waals surface area (Å²) in [5.41, 5.74) is 1.01. The van der Waals surface area contributed by atoms with Crippen LogP contribution in [0.4, 0.5) is 13.9 Å². The molecule has 0 saturated heterocycles. The molecule has 22 heavy (non-hydrogen) atoms. The molecule has 1 heterocycles. The molecule has 0 saturated carbocycles. The lowest BCUT2D eigenvalue weighted by atomic mass is 10.1. The summed E-state index contributed by atoms with van der Waals surface area (Å²) in [5, 5.41) is 3.19. The zero-order valence-corrected chi connectivity index (χ0v) is 12.3. The second-order valence-corrected chi connectivity index (χ2v) is 5.80. The third-order valence-corrected chi connectivity index (χ3v) is 4.12. The molecule has 3 nitrogen and oxygen atoms in total. The van der Waals surface area contributed by atoms with Crippen LogP contribution in [0.25, 0.3) is 10.2 Å². The third-order valence-electron chi connectivity index (χ3n) is 3.17. The van der Waals surface area contributed by atoms with Crippen molar-refractivity contribution < 1.29 is 13.6 Å². The summed E-state index contributed by atoms with van der Waals surface area (Å²) in [7, 11) is 0. The molecule has 0 radical (unpaired) electrons. The molecule has 1 amide bonds. The second-order valence-electron chi connectivity index (χ2n) is 4.77. The van der Waals surface area contributed by atoms with Crippen LogP contribution in [0.2, 0.25) is 0 Å². The van der Waals surface area contributed by atoms with E-state index in [0.717, 1.165) is 28.4 Å². The minimum absolute atomic E-state index is 0.0658. The molecular weight excluding hydrogens is 306 g/mol. The van der Waals surface area contributed by atoms with Crippen LogP contribution in [0.15, 0.2) is 42.5 Å². The number of benzene rings is 2. The minimum atomic E-state index is -0.511. The van der Waals surface area contributed by atoms with Gasteiger partial charge in [0.1, 0.15) is 11.6 Å². The summed E-state index contributed by atoms with van der Waals surface area (Å²) in [4.78, 5) is 16.2. The average Bonchev–Trinajstić information content (AvgIpc) is 2.90. The number of rotatable bonds is 4. The van der Waals surface area contributed by atoms with Crippen LogP contribution in [0, 0.1) is 11.6 Å². The van der Waals surface area contributed by atoms with Crippen LogP contribution in [0.1, 0.15) is 12.0 Å². The Morgan fingerprint density at radius 2 is 2.00 bits per heavy atom. The molecule has 2 aromatic carbocycles. The first-order valence-corrected chi connectivity index (χ1v) is 7.53. The average molecular weight is 318 g/mol. The summed E-state index contributed by atoms with van der Waals surface area (Å²) in [6.45, 7) is 0. The van der Waals surface area contributed by atoms with Crippen LogP contribution >= 0.6 is 11.3 Å². The van der Waals surface area contributed by atoms with Gasteiger partial charge in [-0.1, -0.05) is 23.5 Å². The topological polar surface area (TPSA) is 42.0 Å². The maximum Gasteiger partial charge on any atom is 0.226 e. The van der Waals surface area contributed by atoms with Gasteiger partial charge < -0.3 is 5.32 Å². The number of nitrogens with one attached hydrogen (secondary N) is 1. The first-order valence-electron chi connectivity index (χ1n) is 6.71. The molecule has 1 N–H and O–H groups in total. The lowest BCUT2D eigenvalue weighted by molar-refractivity contribution is -0.116. The number of hydrogen-bond donors (Lipinski definition) is 1. The zero-order valence-electron chi connectivity index (χ0n) is 11.5. The maximum atomic E-state index is 13.5. The van der Waals surface area contributed by atoms with E-state index in [-0.39, 0.29) is 24.3 Å². The molecule has 0 aliphatic heterocycles. The molecule has 0 aliphatic carbocycles. The van der Waals surface area contributed by atoms with E-state index in [0.29, 0.717) is 5.13 Å². The van der Waals surface area contributed by atoms with Gasteiger partial charge in [0.2, 0.25) is 5.91 Å². The van der Waals surface area contributed by atoms with E-state index in [1.165, 1.54) is 11.3 Å². The van der Waals surface area contributed by atoms with Gasteiger partial charge in [-0.3, -0.25) is 4.79 Å². The van der Waals surface area contributed by atoms with Gasteiger partial charge in [-0.2, -0.15) is 0 Å². The van der Waals surface area contributed by atoms with Crippen LogP contribution in [-0.2, 0) is 11.2 Å². The highest BCUT2D eigenvalue weighted by Crippen LogP contribution is 2.25. The van der Waals surface area contributed by atoms with Crippen LogP contribution in [0.5, 0.6) is 0 Å². The van der Waals surface area contributed by atoms with Gasteiger partial charge in [0, 0.05) is 6.42 Å². The zero-order chi connectivity index (χ0) is 15.5. The number of thiazole rings is 1. The van der Waals surface area contributed by atoms with Crippen molar-refractivity contribution in [3.63, 3.8) is 0 Å². The van der Waals surface area contributed by atoms with Gasteiger partial charge in [-0.15, -0.1) is 0 Å². The molecule has 0 spiro atoms. The summed E-state index contributed by atoms with van der Waals surface area (Å²) < 4.78 is 27.5. The highest BCUT2D eigenvalue weighted by atomic mass is 32.1. The summed E-state index contributed by atoms with van der Waals surface area (Å²) in [5.74, 6) is -1.29. The van der Waals surface area contributed by atoms with E-state index < -0.39 is 11.6 Å². The number of carbonyl (C=O) groups is 1. The Bertz CT molecular complexity index is 799. The Labute approximate surface area is 129 Å². The Kier molecular flexibility index (Phi) is 4.11. The SMILES string of the molecule is O=C(CCc1cc(F)ccc1F)Nc1nc2ccccc2s1. The fourth-order valence-electron chi connectivity index (χ4n) is 2.09. The van der Waals surface area contributed by atoms with Gasteiger partial charge in [-0.25, -0.2) is 13.8 Å². The molecular formula is C16H12F2N2OS. The van der Waals surface area contributed by atoms with Crippen LogP contribution < -0.4 is 5.32 Å². The quantitative estimate of drug-likeness (QED) is 0.785. The fourth-order valence-corrected chi connectivity index (χ4v) is 2.97. The fraction of sp³-hybridized carbons (Fsp3) is 0.125. The number of hydrogen-bond acceptors (Lipinski definition) is 3. The van der Waals surface area contributed by atoms with Crippen LogP contribution in [0.3, 0.4) is 0 Å². The van der Waals surface area contributed by atoms with E-state index in [4.69, 9.17) is 0 Å².